The molecule has 1 fully saturated rings. The van der Waals surface area contributed by atoms with E-state index in [0.29, 0.717) is 18.8 Å². The molecule has 1 aromatic heterocycles. The molecule has 1 aliphatic rings. The van der Waals surface area contributed by atoms with Gasteiger partial charge in [-0.3, -0.25) is 4.79 Å². The number of nitrogens with two attached hydrogens (primary N) is 1. The van der Waals surface area contributed by atoms with Crippen LogP contribution in [0.4, 0.5) is 11.5 Å². The fourth-order valence-electron chi connectivity index (χ4n) is 1.95. The van der Waals surface area contributed by atoms with Gasteiger partial charge in [0.1, 0.15) is 12.2 Å². The second-order valence-electron chi connectivity index (χ2n) is 4.15. The maximum absolute atomic E-state index is 11.5. The van der Waals surface area contributed by atoms with Crippen molar-refractivity contribution in [2.45, 2.75) is 6.42 Å². The van der Waals surface area contributed by atoms with Crippen molar-refractivity contribution in [2.75, 3.05) is 36.8 Å². The highest BCUT2D eigenvalue weighted by molar-refractivity contribution is 5.78. The molecule has 0 spiro atoms. The van der Waals surface area contributed by atoms with E-state index in [2.05, 4.69) is 9.88 Å². The first-order valence-electron chi connectivity index (χ1n) is 5.82. The number of anilines is 2. The molecule has 1 aromatic rings. The summed E-state index contributed by atoms with van der Waals surface area (Å²) in [5.41, 5.74) is 6.23. The molecule has 6 heteroatoms. The topological polar surface area (TPSA) is 86.2 Å². The summed E-state index contributed by atoms with van der Waals surface area (Å²) >= 11 is 0. The zero-order valence-electron chi connectivity index (χ0n) is 10.0. The van der Waals surface area contributed by atoms with Crippen molar-refractivity contribution in [1.29, 1.82) is 5.26 Å². The van der Waals surface area contributed by atoms with Crippen molar-refractivity contribution < 1.29 is 4.79 Å². The van der Waals surface area contributed by atoms with Crippen LogP contribution in [0.25, 0.3) is 0 Å². The number of aromatic nitrogens is 1. The molecule has 2 N–H and O–H groups in total. The minimum Gasteiger partial charge on any atom is -0.397 e. The molecule has 0 radical (unpaired) electrons. The molecule has 1 aliphatic heterocycles. The van der Waals surface area contributed by atoms with Crippen LogP contribution >= 0.6 is 0 Å². The van der Waals surface area contributed by atoms with Gasteiger partial charge in [-0.1, -0.05) is 0 Å². The normalized spacial score (nSPS) is 15.3. The first-order valence-corrected chi connectivity index (χ1v) is 5.82. The monoisotopic (exact) mass is 245 g/mol. The van der Waals surface area contributed by atoms with E-state index < -0.39 is 0 Å². The van der Waals surface area contributed by atoms with E-state index >= 15 is 0 Å². The van der Waals surface area contributed by atoms with Crippen molar-refractivity contribution >= 4 is 17.4 Å². The minimum absolute atomic E-state index is 0.0415. The molecule has 0 unspecified atom stereocenters. The van der Waals surface area contributed by atoms with E-state index in [9.17, 15) is 4.79 Å². The average molecular weight is 245 g/mol. The van der Waals surface area contributed by atoms with Gasteiger partial charge < -0.3 is 15.5 Å². The summed E-state index contributed by atoms with van der Waals surface area (Å²) in [6.45, 7) is 2.72. The molecule has 0 atom stereocenters. The van der Waals surface area contributed by atoms with Crippen LogP contribution in [-0.2, 0) is 4.79 Å². The Morgan fingerprint density at radius 1 is 1.39 bits per heavy atom. The van der Waals surface area contributed by atoms with Gasteiger partial charge in [0.05, 0.1) is 18.0 Å². The van der Waals surface area contributed by atoms with Crippen molar-refractivity contribution in [3.63, 3.8) is 0 Å². The maximum atomic E-state index is 11.5. The van der Waals surface area contributed by atoms with Crippen LogP contribution in [0.5, 0.6) is 0 Å². The Labute approximate surface area is 106 Å². The molecule has 1 amide bonds. The first kappa shape index (κ1) is 12.2. The van der Waals surface area contributed by atoms with Crippen molar-refractivity contribution in [2.24, 2.45) is 0 Å². The van der Waals surface area contributed by atoms with E-state index in [1.165, 1.54) is 0 Å². The van der Waals surface area contributed by atoms with Gasteiger partial charge in [0.15, 0.2) is 0 Å². The standard InChI is InChI=1S/C12H15N5O/c13-4-3-12(18)17-7-5-16(6-8-17)11-2-1-10(14)9-15-11/h1-2,9H,3,5-8,14H2. The van der Waals surface area contributed by atoms with Crippen LogP contribution in [0.3, 0.4) is 0 Å². The zero-order valence-corrected chi connectivity index (χ0v) is 10.0. The second kappa shape index (κ2) is 5.36. The Bertz CT molecular complexity index is 456. The molecule has 0 aromatic carbocycles. The molecular weight excluding hydrogens is 230 g/mol. The zero-order chi connectivity index (χ0) is 13.0. The van der Waals surface area contributed by atoms with Crippen LogP contribution in [0, 0.1) is 11.3 Å². The Balaban J connectivity index is 1.92. The molecule has 2 heterocycles. The summed E-state index contributed by atoms with van der Waals surface area (Å²) in [5, 5.41) is 8.49. The van der Waals surface area contributed by atoms with Crippen LogP contribution in [0.15, 0.2) is 18.3 Å². The Kier molecular flexibility index (Phi) is 3.63. The van der Waals surface area contributed by atoms with Crippen LogP contribution < -0.4 is 10.6 Å². The van der Waals surface area contributed by atoms with E-state index in [1.807, 2.05) is 18.2 Å². The predicted octanol–water partition coefficient (Wildman–Crippen LogP) is 0.226. The number of rotatable bonds is 2. The van der Waals surface area contributed by atoms with Crippen LogP contribution in [0.1, 0.15) is 6.42 Å². The van der Waals surface area contributed by atoms with Gasteiger partial charge in [0.2, 0.25) is 5.91 Å². The summed E-state index contributed by atoms with van der Waals surface area (Å²) in [4.78, 5) is 19.6. The highest BCUT2D eigenvalue weighted by Gasteiger charge is 2.21. The molecule has 0 saturated carbocycles. The lowest BCUT2D eigenvalue weighted by atomic mass is 10.2. The number of hydrogen-bond acceptors (Lipinski definition) is 5. The van der Waals surface area contributed by atoms with Crippen LogP contribution in [-0.4, -0.2) is 42.0 Å². The molecule has 1 saturated heterocycles. The van der Waals surface area contributed by atoms with Crippen molar-refractivity contribution in [3.8, 4) is 6.07 Å². The number of piperazine rings is 1. The quantitative estimate of drug-likeness (QED) is 0.805. The number of pyridine rings is 1. The Morgan fingerprint density at radius 3 is 2.67 bits per heavy atom. The fraction of sp³-hybridized carbons (Fsp3) is 0.417. The molecule has 94 valence electrons. The highest BCUT2D eigenvalue weighted by Crippen LogP contribution is 2.14. The highest BCUT2D eigenvalue weighted by atomic mass is 16.2. The second-order valence-corrected chi connectivity index (χ2v) is 4.15. The lowest BCUT2D eigenvalue weighted by Crippen LogP contribution is -2.48. The number of hydrogen-bond donors (Lipinski definition) is 1. The summed E-state index contributed by atoms with van der Waals surface area (Å²) in [7, 11) is 0. The maximum Gasteiger partial charge on any atom is 0.236 e. The van der Waals surface area contributed by atoms with Gasteiger partial charge in [0.25, 0.3) is 0 Å². The number of nitriles is 1. The van der Waals surface area contributed by atoms with Crippen LogP contribution in [0.2, 0.25) is 0 Å². The number of nitrogen functional groups attached to an aromatic ring is 1. The molecule has 18 heavy (non-hydrogen) atoms. The molecule has 2 rings (SSSR count). The third-order valence-electron chi connectivity index (χ3n) is 2.96. The third kappa shape index (κ3) is 2.69. The third-order valence-corrected chi connectivity index (χ3v) is 2.96. The van der Waals surface area contributed by atoms with Gasteiger partial charge in [-0.15, -0.1) is 0 Å². The first-order chi connectivity index (χ1) is 8.70. The summed E-state index contributed by atoms with van der Waals surface area (Å²) in [6.07, 6.45) is 1.59. The summed E-state index contributed by atoms with van der Waals surface area (Å²) < 4.78 is 0. The smallest absolute Gasteiger partial charge is 0.236 e. The van der Waals surface area contributed by atoms with E-state index in [4.69, 9.17) is 11.0 Å². The van der Waals surface area contributed by atoms with Gasteiger partial charge in [-0.25, -0.2) is 4.98 Å². The van der Waals surface area contributed by atoms with Gasteiger partial charge in [0, 0.05) is 26.2 Å². The van der Waals surface area contributed by atoms with E-state index in [-0.39, 0.29) is 12.3 Å². The number of carbonyl (C=O) groups excluding carboxylic acids is 1. The SMILES string of the molecule is N#CCC(=O)N1CCN(c2ccc(N)cn2)CC1. The predicted molar refractivity (Wildman–Crippen MR) is 67.7 cm³/mol. The van der Waals surface area contributed by atoms with E-state index in [1.54, 1.807) is 11.1 Å². The molecule has 6 nitrogen and oxygen atoms in total. The van der Waals surface area contributed by atoms with Gasteiger partial charge >= 0.3 is 0 Å². The Hall–Kier alpha value is -2.29. The number of nitrogens with zero attached hydrogens (tertiary/aromatic N) is 4. The fourth-order valence-corrected chi connectivity index (χ4v) is 1.95. The van der Waals surface area contributed by atoms with Gasteiger partial charge in [-0.2, -0.15) is 5.26 Å². The number of amides is 1. The molecule has 0 aliphatic carbocycles. The lowest BCUT2D eigenvalue weighted by molar-refractivity contribution is -0.130. The average Bonchev–Trinajstić information content (AvgIpc) is 2.40. The van der Waals surface area contributed by atoms with Crippen molar-refractivity contribution in [3.05, 3.63) is 18.3 Å². The van der Waals surface area contributed by atoms with Crippen molar-refractivity contribution in [1.82, 2.24) is 9.88 Å². The summed E-state index contributed by atoms with van der Waals surface area (Å²) in [5.74, 6) is 0.777. The Morgan fingerprint density at radius 2 is 2.11 bits per heavy atom. The number of carbonyl (C=O) groups is 1. The minimum atomic E-state index is -0.0950. The van der Waals surface area contributed by atoms with Gasteiger partial charge in [-0.05, 0) is 12.1 Å². The largest absolute Gasteiger partial charge is 0.397 e. The summed E-state index contributed by atoms with van der Waals surface area (Å²) in [6, 6.07) is 5.57. The molecular formula is C12H15N5O. The molecule has 0 bridgehead atoms. The lowest BCUT2D eigenvalue weighted by Gasteiger charge is -2.35. The van der Waals surface area contributed by atoms with E-state index in [0.717, 1.165) is 18.9 Å².